The summed E-state index contributed by atoms with van der Waals surface area (Å²) in [6.07, 6.45) is 1.49. The van der Waals surface area contributed by atoms with Crippen molar-refractivity contribution in [3.8, 4) is 11.5 Å². The number of carbonyl (C=O) groups is 2. The highest BCUT2D eigenvalue weighted by Crippen LogP contribution is 2.17. The Labute approximate surface area is 162 Å². The summed E-state index contributed by atoms with van der Waals surface area (Å²) in [5.41, 5.74) is 1.83. The zero-order valence-corrected chi connectivity index (χ0v) is 15.5. The van der Waals surface area contributed by atoms with E-state index >= 15 is 0 Å². The normalized spacial score (nSPS) is 13.7. The van der Waals surface area contributed by atoms with Crippen LogP contribution in [-0.2, 0) is 9.59 Å². The van der Waals surface area contributed by atoms with Crippen molar-refractivity contribution in [2.75, 3.05) is 13.2 Å². The van der Waals surface area contributed by atoms with Gasteiger partial charge >= 0.3 is 0 Å². The molecule has 0 bridgehead atoms. The van der Waals surface area contributed by atoms with Crippen LogP contribution in [0, 0.1) is 6.92 Å². The SMILES string of the molecule is Cc1ccc(OCCOc2cccc(C=C3C(=O)NC(=S)NC3=O)c2)cc1. The molecule has 2 aromatic carbocycles. The Morgan fingerprint density at radius 3 is 2.22 bits per heavy atom. The van der Waals surface area contributed by atoms with Crippen molar-refractivity contribution < 1.29 is 19.1 Å². The predicted octanol–water partition coefficient (Wildman–Crippen LogP) is 2.37. The molecule has 0 saturated carbocycles. The van der Waals surface area contributed by atoms with E-state index in [2.05, 4.69) is 10.6 Å². The molecule has 1 heterocycles. The molecule has 1 fully saturated rings. The first-order valence-corrected chi connectivity index (χ1v) is 8.73. The van der Waals surface area contributed by atoms with Gasteiger partial charge in [0, 0.05) is 0 Å². The molecule has 27 heavy (non-hydrogen) atoms. The van der Waals surface area contributed by atoms with Crippen LogP contribution >= 0.6 is 12.2 Å². The van der Waals surface area contributed by atoms with Gasteiger partial charge in [-0.3, -0.25) is 20.2 Å². The van der Waals surface area contributed by atoms with Crippen molar-refractivity contribution in [1.82, 2.24) is 10.6 Å². The highest BCUT2D eigenvalue weighted by molar-refractivity contribution is 7.80. The van der Waals surface area contributed by atoms with Crippen LogP contribution < -0.4 is 20.1 Å². The summed E-state index contributed by atoms with van der Waals surface area (Å²) in [7, 11) is 0. The van der Waals surface area contributed by atoms with Gasteiger partial charge in [0.05, 0.1) is 0 Å². The lowest BCUT2D eigenvalue weighted by molar-refractivity contribution is -0.123. The van der Waals surface area contributed by atoms with Gasteiger partial charge in [-0.05, 0) is 55.0 Å². The maximum Gasteiger partial charge on any atom is 0.263 e. The second-order valence-corrected chi connectivity index (χ2v) is 6.29. The minimum absolute atomic E-state index is 0.00723. The average molecular weight is 382 g/mol. The maximum absolute atomic E-state index is 11.9. The number of ether oxygens (including phenoxy) is 2. The van der Waals surface area contributed by atoms with Crippen LogP contribution in [0.2, 0.25) is 0 Å². The van der Waals surface area contributed by atoms with E-state index in [0.29, 0.717) is 24.5 Å². The van der Waals surface area contributed by atoms with Gasteiger partial charge in [0.2, 0.25) is 0 Å². The Kier molecular flexibility index (Phi) is 5.83. The van der Waals surface area contributed by atoms with Crippen molar-refractivity contribution in [1.29, 1.82) is 0 Å². The van der Waals surface area contributed by atoms with Crippen molar-refractivity contribution in [2.24, 2.45) is 0 Å². The van der Waals surface area contributed by atoms with Crippen molar-refractivity contribution in [3.63, 3.8) is 0 Å². The molecular weight excluding hydrogens is 364 g/mol. The number of hydrogen-bond acceptors (Lipinski definition) is 5. The fraction of sp³-hybridized carbons (Fsp3) is 0.150. The number of rotatable bonds is 6. The molecule has 0 radical (unpaired) electrons. The van der Waals surface area contributed by atoms with Gasteiger partial charge in [-0.25, -0.2) is 0 Å². The summed E-state index contributed by atoms with van der Waals surface area (Å²) in [4.78, 5) is 23.8. The standard InChI is InChI=1S/C20H18N2O4S/c1-13-5-7-15(8-6-13)25-9-10-26-16-4-2-3-14(11-16)12-17-18(23)21-20(27)22-19(17)24/h2-8,11-12H,9-10H2,1H3,(H2,21,22,23,24,27). The molecule has 2 aromatic rings. The van der Waals surface area contributed by atoms with Crippen LogP contribution in [0.5, 0.6) is 11.5 Å². The number of carbonyl (C=O) groups excluding carboxylic acids is 2. The zero-order chi connectivity index (χ0) is 19.2. The van der Waals surface area contributed by atoms with Gasteiger partial charge in [0.1, 0.15) is 30.3 Å². The van der Waals surface area contributed by atoms with E-state index in [4.69, 9.17) is 21.7 Å². The maximum atomic E-state index is 11.9. The molecule has 2 N–H and O–H groups in total. The molecule has 0 unspecified atom stereocenters. The van der Waals surface area contributed by atoms with E-state index in [9.17, 15) is 9.59 Å². The Hall–Kier alpha value is -3.19. The number of hydrogen-bond donors (Lipinski definition) is 2. The Balaban J connectivity index is 1.58. The third-order valence-electron chi connectivity index (χ3n) is 3.75. The number of amides is 2. The van der Waals surface area contributed by atoms with Gasteiger partial charge in [0.15, 0.2) is 5.11 Å². The lowest BCUT2D eigenvalue weighted by atomic mass is 10.1. The van der Waals surface area contributed by atoms with Crippen LogP contribution in [0.3, 0.4) is 0 Å². The first-order valence-electron chi connectivity index (χ1n) is 8.32. The van der Waals surface area contributed by atoms with Gasteiger partial charge < -0.3 is 9.47 Å². The summed E-state index contributed by atoms with van der Waals surface area (Å²) >= 11 is 4.78. The topological polar surface area (TPSA) is 76.7 Å². The largest absolute Gasteiger partial charge is 0.490 e. The molecular formula is C20H18N2O4S. The average Bonchev–Trinajstić information content (AvgIpc) is 2.64. The van der Waals surface area contributed by atoms with Gasteiger partial charge in [-0.1, -0.05) is 29.8 Å². The predicted molar refractivity (Wildman–Crippen MR) is 105 cm³/mol. The minimum Gasteiger partial charge on any atom is -0.490 e. The minimum atomic E-state index is -0.526. The lowest BCUT2D eigenvalue weighted by Crippen LogP contribution is -2.51. The van der Waals surface area contributed by atoms with E-state index in [-0.39, 0.29) is 10.7 Å². The highest BCUT2D eigenvalue weighted by Gasteiger charge is 2.25. The Morgan fingerprint density at radius 2 is 1.56 bits per heavy atom. The fourth-order valence-corrected chi connectivity index (χ4v) is 2.61. The van der Waals surface area contributed by atoms with E-state index < -0.39 is 11.8 Å². The molecule has 6 nitrogen and oxygen atoms in total. The monoisotopic (exact) mass is 382 g/mol. The molecule has 1 aliphatic rings. The Morgan fingerprint density at radius 1 is 0.926 bits per heavy atom. The summed E-state index contributed by atoms with van der Waals surface area (Å²) in [6.45, 7) is 2.78. The molecule has 0 atom stereocenters. The third-order valence-corrected chi connectivity index (χ3v) is 3.96. The highest BCUT2D eigenvalue weighted by atomic mass is 32.1. The fourth-order valence-electron chi connectivity index (χ4n) is 2.42. The lowest BCUT2D eigenvalue weighted by Gasteiger charge is -2.16. The van der Waals surface area contributed by atoms with Crippen LogP contribution in [0.1, 0.15) is 11.1 Å². The van der Waals surface area contributed by atoms with Crippen LogP contribution in [-0.4, -0.2) is 30.1 Å². The molecule has 1 aliphatic heterocycles. The van der Waals surface area contributed by atoms with E-state index in [1.807, 2.05) is 31.2 Å². The summed E-state index contributed by atoms with van der Waals surface area (Å²) < 4.78 is 11.3. The van der Waals surface area contributed by atoms with Crippen LogP contribution in [0.25, 0.3) is 6.08 Å². The first kappa shape index (κ1) is 18.6. The second kappa shape index (κ2) is 8.46. The number of thiocarbonyl (C=S) groups is 1. The van der Waals surface area contributed by atoms with Gasteiger partial charge in [0.25, 0.3) is 11.8 Å². The summed E-state index contributed by atoms with van der Waals surface area (Å²) in [5, 5.41) is 4.81. The smallest absolute Gasteiger partial charge is 0.263 e. The van der Waals surface area contributed by atoms with E-state index in [0.717, 1.165) is 5.75 Å². The molecule has 1 saturated heterocycles. The van der Waals surface area contributed by atoms with E-state index in [1.165, 1.54) is 11.6 Å². The number of nitrogens with one attached hydrogen (secondary N) is 2. The van der Waals surface area contributed by atoms with Crippen molar-refractivity contribution in [3.05, 3.63) is 65.2 Å². The van der Waals surface area contributed by atoms with Crippen molar-refractivity contribution >= 4 is 35.2 Å². The first-order chi connectivity index (χ1) is 13.0. The van der Waals surface area contributed by atoms with Crippen LogP contribution in [0.4, 0.5) is 0 Å². The third kappa shape index (κ3) is 5.15. The zero-order valence-electron chi connectivity index (χ0n) is 14.7. The molecule has 0 spiro atoms. The summed E-state index contributed by atoms with van der Waals surface area (Å²) in [6, 6.07) is 14.9. The number of aryl methyl sites for hydroxylation is 1. The van der Waals surface area contributed by atoms with Gasteiger partial charge in [-0.2, -0.15) is 0 Å². The molecule has 0 aliphatic carbocycles. The molecule has 3 rings (SSSR count). The van der Waals surface area contributed by atoms with Crippen LogP contribution in [0.15, 0.2) is 54.1 Å². The summed E-state index contributed by atoms with van der Waals surface area (Å²) in [5.74, 6) is 0.349. The number of benzene rings is 2. The quantitative estimate of drug-likeness (QED) is 0.347. The van der Waals surface area contributed by atoms with Crippen molar-refractivity contribution in [2.45, 2.75) is 6.92 Å². The second-order valence-electron chi connectivity index (χ2n) is 5.88. The molecule has 138 valence electrons. The Bertz CT molecular complexity index is 884. The molecule has 0 aromatic heterocycles. The molecule has 7 heteroatoms. The molecule has 2 amide bonds. The van der Waals surface area contributed by atoms with Gasteiger partial charge in [-0.15, -0.1) is 0 Å². The van der Waals surface area contributed by atoms with E-state index in [1.54, 1.807) is 24.3 Å².